The van der Waals surface area contributed by atoms with Gasteiger partial charge in [-0.3, -0.25) is 4.79 Å². The smallest absolute Gasteiger partial charge is 0.203 e. The highest BCUT2D eigenvalue weighted by Crippen LogP contribution is 2.40. The van der Waals surface area contributed by atoms with E-state index in [0.29, 0.717) is 33.4 Å². The molecule has 0 bridgehead atoms. The number of hydrogen-bond donors (Lipinski definition) is 0. The predicted octanol–water partition coefficient (Wildman–Crippen LogP) is 4.16. The number of methoxy groups -OCH3 is 3. The van der Waals surface area contributed by atoms with Gasteiger partial charge in [0.25, 0.3) is 0 Å². The molecule has 0 amide bonds. The van der Waals surface area contributed by atoms with Crippen LogP contribution in [-0.4, -0.2) is 27.1 Å². The van der Waals surface area contributed by atoms with Crippen molar-refractivity contribution in [2.24, 2.45) is 0 Å². The van der Waals surface area contributed by atoms with E-state index in [-0.39, 0.29) is 5.57 Å². The molecule has 0 unspecified atom stereocenters. The van der Waals surface area contributed by atoms with Gasteiger partial charge >= 0.3 is 0 Å². The fraction of sp³-hybridized carbons (Fsp3) is 0.158. The summed E-state index contributed by atoms with van der Waals surface area (Å²) < 4.78 is 15.9. The lowest BCUT2D eigenvalue weighted by Crippen LogP contribution is -2.02. The lowest BCUT2D eigenvalue weighted by atomic mass is 10.0. The quantitative estimate of drug-likeness (QED) is 0.441. The zero-order valence-corrected chi connectivity index (χ0v) is 14.8. The number of rotatable bonds is 6. The molecule has 0 aliphatic carbocycles. The molecular formula is C19H16ClNO4. The number of hydrogen-bond acceptors (Lipinski definition) is 5. The zero-order chi connectivity index (χ0) is 18.4. The van der Waals surface area contributed by atoms with Gasteiger partial charge in [-0.1, -0.05) is 11.6 Å². The van der Waals surface area contributed by atoms with Crippen LogP contribution in [0.4, 0.5) is 0 Å². The molecule has 0 heterocycles. The van der Waals surface area contributed by atoms with Crippen molar-refractivity contribution in [2.45, 2.75) is 0 Å². The van der Waals surface area contributed by atoms with Crippen molar-refractivity contribution >= 4 is 23.5 Å². The first-order chi connectivity index (χ1) is 12.0. The standard InChI is InChI=1S/C19H16ClNO4/c1-23-16-9-6-13(18(24-2)19(16)25-3)10-14(11-21)17(22)12-4-7-15(20)8-5-12/h4-10H,1-3H3/b14-10+. The number of ether oxygens (including phenoxy) is 3. The Morgan fingerprint density at radius 2 is 1.64 bits per heavy atom. The van der Waals surface area contributed by atoms with Crippen LogP contribution in [0.2, 0.25) is 5.02 Å². The molecule has 128 valence electrons. The van der Waals surface area contributed by atoms with Crippen LogP contribution in [0, 0.1) is 11.3 Å². The molecule has 0 atom stereocenters. The molecule has 25 heavy (non-hydrogen) atoms. The lowest BCUT2D eigenvalue weighted by molar-refractivity contribution is 0.104. The maximum Gasteiger partial charge on any atom is 0.203 e. The van der Waals surface area contributed by atoms with Crippen molar-refractivity contribution in [1.29, 1.82) is 5.26 Å². The highest BCUT2D eigenvalue weighted by Gasteiger charge is 2.17. The molecule has 0 spiro atoms. The molecule has 0 aliphatic rings. The van der Waals surface area contributed by atoms with E-state index in [1.807, 2.05) is 6.07 Å². The fourth-order valence-corrected chi connectivity index (χ4v) is 2.42. The number of nitrogens with zero attached hydrogens (tertiary/aromatic N) is 1. The summed E-state index contributed by atoms with van der Waals surface area (Å²) in [6.45, 7) is 0. The molecule has 2 aromatic rings. The molecule has 0 saturated heterocycles. The van der Waals surface area contributed by atoms with Gasteiger partial charge in [-0.25, -0.2) is 0 Å². The maximum absolute atomic E-state index is 12.5. The fourth-order valence-electron chi connectivity index (χ4n) is 2.30. The lowest BCUT2D eigenvalue weighted by Gasteiger charge is -2.14. The number of allylic oxidation sites excluding steroid dienone is 1. The third kappa shape index (κ3) is 3.93. The molecule has 0 aliphatic heterocycles. The highest BCUT2D eigenvalue weighted by atomic mass is 35.5. The van der Waals surface area contributed by atoms with Crippen molar-refractivity contribution in [3.8, 4) is 23.3 Å². The number of carbonyl (C=O) groups excluding carboxylic acids is 1. The van der Waals surface area contributed by atoms with Crippen LogP contribution in [0.3, 0.4) is 0 Å². The van der Waals surface area contributed by atoms with Gasteiger partial charge in [0.15, 0.2) is 11.5 Å². The van der Waals surface area contributed by atoms with E-state index in [4.69, 9.17) is 25.8 Å². The first kappa shape index (κ1) is 18.4. The predicted molar refractivity (Wildman–Crippen MR) is 95.5 cm³/mol. The number of ketones is 1. The van der Waals surface area contributed by atoms with E-state index in [1.54, 1.807) is 36.4 Å². The molecule has 5 nitrogen and oxygen atoms in total. The molecule has 0 aromatic heterocycles. The van der Waals surface area contributed by atoms with E-state index in [0.717, 1.165) is 0 Å². The van der Waals surface area contributed by atoms with Crippen LogP contribution in [-0.2, 0) is 0 Å². The van der Waals surface area contributed by atoms with Crippen LogP contribution >= 0.6 is 11.6 Å². The summed E-state index contributed by atoms with van der Waals surface area (Å²) in [6, 6.07) is 11.6. The van der Waals surface area contributed by atoms with E-state index in [9.17, 15) is 10.1 Å². The third-order valence-corrected chi connectivity index (χ3v) is 3.76. The van der Waals surface area contributed by atoms with Gasteiger partial charge in [0, 0.05) is 16.1 Å². The molecule has 6 heteroatoms. The number of halogens is 1. The largest absolute Gasteiger partial charge is 0.493 e. The van der Waals surface area contributed by atoms with Crippen molar-refractivity contribution in [1.82, 2.24) is 0 Å². The second-order valence-corrected chi connectivity index (χ2v) is 5.37. The molecule has 0 radical (unpaired) electrons. The van der Waals surface area contributed by atoms with E-state index in [2.05, 4.69) is 0 Å². The summed E-state index contributed by atoms with van der Waals surface area (Å²) >= 11 is 5.83. The second kappa shape index (κ2) is 8.22. The van der Waals surface area contributed by atoms with Gasteiger partial charge in [-0.15, -0.1) is 0 Å². The molecule has 0 fully saturated rings. The summed E-state index contributed by atoms with van der Waals surface area (Å²) in [6.07, 6.45) is 1.46. The van der Waals surface area contributed by atoms with Crippen molar-refractivity contribution < 1.29 is 19.0 Å². The summed E-state index contributed by atoms with van der Waals surface area (Å²) in [4.78, 5) is 12.5. The third-order valence-electron chi connectivity index (χ3n) is 3.51. The van der Waals surface area contributed by atoms with Crippen LogP contribution in [0.25, 0.3) is 6.08 Å². The average molecular weight is 358 g/mol. The Kier molecular flexibility index (Phi) is 6.04. The molecule has 2 aromatic carbocycles. The SMILES string of the molecule is COc1ccc(/C=C(\C#N)C(=O)c2ccc(Cl)cc2)c(OC)c1OC. The Labute approximate surface area is 151 Å². The Balaban J connectivity index is 2.51. The first-order valence-corrected chi connectivity index (χ1v) is 7.64. The van der Waals surface area contributed by atoms with Crippen molar-refractivity contribution in [3.05, 3.63) is 58.1 Å². The van der Waals surface area contributed by atoms with Gasteiger partial charge in [-0.05, 0) is 42.5 Å². The summed E-state index contributed by atoms with van der Waals surface area (Å²) in [7, 11) is 4.47. The minimum atomic E-state index is -0.406. The Morgan fingerprint density at radius 1 is 1.00 bits per heavy atom. The normalized spacial score (nSPS) is 10.8. The summed E-state index contributed by atoms with van der Waals surface area (Å²) in [5.41, 5.74) is 0.864. The number of nitriles is 1. The van der Waals surface area contributed by atoms with Crippen molar-refractivity contribution in [2.75, 3.05) is 21.3 Å². The van der Waals surface area contributed by atoms with Gasteiger partial charge < -0.3 is 14.2 Å². The number of Topliss-reactive ketones (excluding diaryl/α,β-unsaturated/α-hetero) is 1. The van der Waals surface area contributed by atoms with Gasteiger partial charge in [-0.2, -0.15) is 5.26 Å². The van der Waals surface area contributed by atoms with Gasteiger partial charge in [0.2, 0.25) is 11.5 Å². The summed E-state index contributed by atoms with van der Waals surface area (Å²) in [5, 5.41) is 9.92. The van der Waals surface area contributed by atoms with Crippen LogP contribution < -0.4 is 14.2 Å². The zero-order valence-electron chi connectivity index (χ0n) is 14.0. The Hall–Kier alpha value is -2.97. The van der Waals surface area contributed by atoms with Gasteiger partial charge in [0.1, 0.15) is 11.6 Å². The topological polar surface area (TPSA) is 68.5 Å². The monoisotopic (exact) mass is 357 g/mol. The number of benzene rings is 2. The van der Waals surface area contributed by atoms with E-state index in [1.165, 1.54) is 27.4 Å². The minimum Gasteiger partial charge on any atom is -0.493 e. The Bertz CT molecular complexity index is 851. The molecule has 0 saturated carbocycles. The highest BCUT2D eigenvalue weighted by molar-refractivity contribution is 6.30. The minimum absolute atomic E-state index is 0.0344. The van der Waals surface area contributed by atoms with Crippen molar-refractivity contribution in [3.63, 3.8) is 0 Å². The molecule has 0 N–H and O–H groups in total. The van der Waals surface area contributed by atoms with Crippen LogP contribution in [0.5, 0.6) is 17.2 Å². The summed E-state index contributed by atoms with van der Waals surface area (Å²) in [5.74, 6) is 0.837. The van der Waals surface area contributed by atoms with Gasteiger partial charge in [0.05, 0.1) is 21.3 Å². The van der Waals surface area contributed by atoms with Crippen LogP contribution in [0.15, 0.2) is 42.0 Å². The first-order valence-electron chi connectivity index (χ1n) is 7.26. The molecular weight excluding hydrogens is 342 g/mol. The van der Waals surface area contributed by atoms with E-state index >= 15 is 0 Å². The van der Waals surface area contributed by atoms with Crippen LogP contribution in [0.1, 0.15) is 15.9 Å². The second-order valence-electron chi connectivity index (χ2n) is 4.93. The average Bonchev–Trinajstić information content (AvgIpc) is 2.65. The molecule has 2 rings (SSSR count). The number of carbonyl (C=O) groups is 1. The maximum atomic E-state index is 12.5. The van der Waals surface area contributed by atoms with E-state index < -0.39 is 5.78 Å². The Morgan fingerprint density at radius 3 is 2.16 bits per heavy atom.